The van der Waals surface area contributed by atoms with Crippen molar-refractivity contribution in [3.8, 4) is 0 Å². The first-order valence-electron chi connectivity index (χ1n) is 4.22. The van der Waals surface area contributed by atoms with Crippen LogP contribution in [0.3, 0.4) is 0 Å². The van der Waals surface area contributed by atoms with E-state index in [-0.39, 0.29) is 13.0 Å². The third kappa shape index (κ3) is 2.19. The molecule has 1 aliphatic rings. The molecule has 70 valence electrons. The molecular weight excluding hydrogens is 158 g/mol. The molecule has 0 bridgehead atoms. The van der Waals surface area contributed by atoms with Crippen LogP contribution in [-0.2, 0) is 4.79 Å². The van der Waals surface area contributed by atoms with Crippen LogP contribution in [0.15, 0.2) is 0 Å². The fourth-order valence-corrected chi connectivity index (χ4v) is 1.69. The summed E-state index contributed by atoms with van der Waals surface area (Å²) in [7, 11) is 0. The first-order chi connectivity index (χ1) is 5.68. The van der Waals surface area contributed by atoms with Crippen molar-refractivity contribution >= 4 is 5.97 Å². The summed E-state index contributed by atoms with van der Waals surface area (Å²) in [6.45, 7) is 1.52. The Kier molecular flexibility index (Phi) is 3.05. The lowest BCUT2D eigenvalue weighted by molar-refractivity contribution is -0.141. The number of aliphatic hydroxyl groups excluding tert-OH is 1. The Morgan fingerprint density at radius 1 is 1.58 bits per heavy atom. The molecule has 0 aromatic carbocycles. The molecular formula is C8H15NO3. The highest BCUT2D eigenvalue weighted by atomic mass is 16.4. The van der Waals surface area contributed by atoms with Crippen LogP contribution < -0.4 is 5.32 Å². The van der Waals surface area contributed by atoms with Gasteiger partial charge in [-0.05, 0) is 19.4 Å². The van der Waals surface area contributed by atoms with Gasteiger partial charge < -0.3 is 15.5 Å². The molecule has 1 rings (SSSR count). The molecule has 0 aromatic rings. The zero-order valence-corrected chi connectivity index (χ0v) is 7.05. The van der Waals surface area contributed by atoms with E-state index in [1.165, 1.54) is 0 Å². The largest absolute Gasteiger partial charge is 0.481 e. The Bertz CT molecular complexity index is 164. The maximum Gasteiger partial charge on any atom is 0.304 e. The van der Waals surface area contributed by atoms with E-state index in [0.29, 0.717) is 6.54 Å². The molecule has 1 aliphatic heterocycles. The van der Waals surface area contributed by atoms with Crippen LogP contribution in [0, 0.1) is 5.41 Å². The van der Waals surface area contributed by atoms with Crippen LogP contribution in [0.4, 0.5) is 0 Å². The number of rotatable bonds is 3. The maximum absolute atomic E-state index is 10.5. The van der Waals surface area contributed by atoms with Gasteiger partial charge >= 0.3 is 5.97 Å². The van der Waals surface area contributed by atoms with Crippen molar-refractivity contribution in [2.75, 3.05) is 19.7 Å². The Balaban J connectivity index is 2.53. The average molecular weight is 173 g/mol. The summed E-state index contributed by atoms with van der Waals surface area (Å²) in [4.78, 5) is 10.5. The third-order valence-electron chi connectivity index (χ3n) is 2.42. The van der Waals surface area contributed by atoms with Gasteiger partial charge in [-0.3, -0.25) is 4.79 Å². The zero-order valence-electron chi connectivity index (χ0n) is 7.05. The smallest absolute Gasteiger partial charge is 0.304 e. The second kappa shape index (κ2) is 3.87. The maximum atomic E-state index is 10.5. The predicted molar refractivity (Wildman–Crippen MR) is 43.9 cm³/mol. The topological polar surface area (TPSA) is 69.6 Å². The molecule has 0 aromatic heterocycles. The first kappa shape index (κ1) is 9.48. The van der Waals surface area contributed by atoms with Crippen LogP contribution in [0.2, 0.25) is 0 Å². The van der Waals surface area contributed by atoms with Crippen LogP contribution in [0.5, 0.6) is 0 Å². The van der Waals surface area contributed by atoms with Gasteiger partial charge in [0.1, 0.15) is 0 Å². The van der Waals surface area contributed by atoms with Crippen molar-refractivity contribution < 1.29 is 15.0 Å². The number of nitrogens with one attached hydrogen (secondary N) is 1. The lowest BCUT2D eigenvalue weighted by atomic mass is 9.79. The van der Waals surface area contributed by atoms with Gasteiger partial charge in [-0.25, -0.2) is 0 Å². The lowest BCUT2D eigenvalue weighted by Crippen LogP contribution is -2.43. The van der Waals surface area contributed by atoms with Gasteiger partial charge in [-0.2, -0.15) is 0 Å². The molecule has 3 N–H and O–H groups in total. The van der Waals surface area contributed by atoms with Crippen molar-refractivity contribution in [1.29, 1.82) is 0 Å². The summed E-state index contributed by atoms with van der Waals surface area (Å²) in [5, 5.41) is 20.8. The Morgan fingerprint density at radius 3 is 2.75 bits per heavy atom. The van der Waals surface area contributed by atoms with Crippen molar-refractivity contribution in [3.63, 3.8) is 0 Å². The minimum absolute atomic E-state index is 0.0354. The molecule has 4 heteroatoms. The van der Waals surface area contributed by atoms with Gasteiger partial charge in [-0.1, -0.05) is 0 Å². The van der Waals surface area contributed by atoms with E-state index in [4.69, 9.17) is 10.2 Å². The van der Waals surface area contributed by atoms with Gasteiger partial charge in [0.25, 0.3) is 0 Å². The number of carboxylic acid groups (broad SMARTS) is 1. The quantitative estimate of drug-likeness (QED) is 0.554. The van der Waals surface area contributed by atoms with Crippen molar-refractivity contribution in [2.45, 2.75) is 19.3 Å². The van der Waals surface area contributed by atoms with Gasteiger partial charge in [0, 0.05) is 12.0 Å². The molecule has 4 nitrogen and oxygen atoms in total. The number of carboxylic acids is 1. The molecule has 12 heavy (non-hydrogen) atoms. The molecule has 1 atom stereocenters. The van der Waals surface area contributed by atoms with Crippen LogP contribution in [0.25, 0.3) is 0 Å². The molecule has 1 saturated heterocycles. The summed E-state index contributed by atoms with van der Waals surface area (Å²) in [6, 6.07) is 0. The third-order valence-corrected chi connectivity index (χ3v) is 2.42. The molecule has 0 radical (unpaired) electrons. The van der Waals surface area contributed by atoms with Gasteiger partial charge in [0.15, 0.2) is 0 Å². The van der Waals surface area contributed by atoms with Crippen molar-refractivity contribution in [3.05, 3.63) is 0 Å². The average Bonchev–Trinajstić information content (AvgIpc) is 2.05. The van der Waals surface area contributed by atoms with E-state index in [2.05, 4.69) is 5.32 Å². The van der Waals surface area contributed by atoms with Crippen LogP contribution in [0.1, 0.15) is 19.3 Å². The molecule has 1 unspecified atom stereocenters. The number of aliphatic hydroxyl groups is 1. The van der Waals surface area contributed by atoms with E-state index in [9.17, 15) is 4.79 Å². The molecule has 0 saturated carbocycles. The number of hydrogen-bond acceptors (Lipinski definition) is 3. The summed E-state index contributed by atoms with van der Waals surface area (Å²) in [6.07, 6.45) is 1.83. The number of aliphatic carboxylic acids is 1. The van der Waals surface area contributed by atoms with Crippen molar-refractivity contribution in [1.82, 2.24) is 5.32 Å². The van der Waals surface area contributed by atoms with E-state index in [1.807, 2.05) is 0 Å². The second-order valence-electron chi connectivity index (χ2n) is 3.51. The minimum atomic E-state index is -0.826. The monoisotopic (exact) mass is 173 g/mol. The highest BCUT2D eigenvalue weighted by Crippen LogP contribution is 2.29. The summed E-state index contributed by atoms with van der Waals surface area (Å²) < 4.78 is 0. The van der Waals surface area contributed by atoms with Gasteiger partial charge in [0.05, 0.1) is 13.0 Å². The summed E-state index contributed by atoms with van der Waals surface area (Å²) >= 11 is 0. The Hall–Kier alpha value is -0.610. The van der Waals surface area contributed by atoms with Crippen LogP contribution in [-0.4, -0.2) is 35.9 Å². The van der Waals surface area contributed by atoms with E-state index in [0.717, 1.165) is 19.4 Å². The van der Waals surface area contributed by atoms with E-state index < -0.39 is 11.4 Å². The predicted octanol–water partition coefficient (Wildman–Crippen LogP) is -0.177. The van der Waals surface area contributed by atoms with Crippen molar-refractivity contribution in [2.24, 2.45) is 5.41 Å². The minimum Gasteiger partial charge on any atom is -0.481 e. The fourth-order valence-electron chi connectivity index (χ4n) is 1.69. The van der Waals surface area contributed by atoms with E-state index in [1.54, 1.807) is 0 Å². The van der Waals surface area contributed by atoms with Gasteiger partial charge in [-0.15, -0.1) is 0 Å². The molecule has 0 amide bonds. The Labute approximate surface area is 71.6 Å². The molecule has 1 fully saturated rings. The van der Waals surface area contributed by atoms with E-state index >= 15 is 0 Å². The molecule has 0 spiro atoms. The number of hydrogen-bond donors (Lipinski definition) is 3. The molecule has 1 heterocycles. The summed E-state index contributed by atoms with van der Waals surface area (Å²) in [5.41, 5.74) is -0.413. The normalized spacial score (nSPS) is 30.1. The highest BCUT2D eigenvalue weighted by molar-refractivity contribution is 5.67. The fraction of sp³-hybridized carbons (Fsp3) is 0.875. The lowest BCUT2D eigenvalue weighted by Gasteiger charge is -2.34. The van der Waals surface area contributed by atoms with Crippen LogP contribution >= 0.6 is 0 Å². The highest BCUT2D eigenvalue weighted by Gasteiger charge is 2.33. The number of carbonyl (C=O) groups is 1. The second-order valence-corrected chi connectivity index (χ2v) is 3.51. The zero-order chi connectivity index (χ0) is 9.03. The van der Waals surface area contributed by atoms with Gasteiger partial charge in [0.2, 0.25) is 0 Å². The first-order valence-corrected chi connectivity index (χ1v) is 4.22. The standard InChI is InChI=1S/C8H15NO3/c10-6-8(4-7(11)12)2-1-3-9-5-8/h9-10H,1-6H2,(H,11,12). The molecule has 0 aliphatic carbocycles. The number of piperidine rings is 1. The Morgan fingerprint density at radius 2 is 2.33 bits per heavy atom. The summed E-state index contributed by atoms with van der Waals surface area (Å²) in [5.74, 6) is -0.826. The SMILES string of the molecule is O=C(O)CC1(CO)CCCNC1.